The summed E-state index contributed by atoms with van der Waals surface area (Å²) in [7, 11) is 3.29. The van der Waals surface area contributed by atoms with Crippen molar-refractivity contribution >= 4 is 17.4 Å². The van der Waals surface area contributed by atoms with E-state index in [2.05, 4.69) is 23.2 Å². The van der Waals surface area contributed by atoms with E-state index >= 15 is 0 Å². The van der Waals surface area contributed by atoms with E-state index < -0.39 is 11.1 Å². The quantitative estimate of drug-likeness (QED) is 0.924. The average Bonchev–Trinajstić information content (AvgIpc) is 2.87. The first-order chi connectivity index (χ1) is 11.5. The molecule has 0 bridgehead atoms. The number of nitrogens with two attached hydrogens (primary N) is 1. The second kappa shape index (κ2) is 5.91. The number of nitrogens with zero attached hydrogens (tertiary/aromatic N) is 2. The minimum Gasteiger partial charge on any atom is -0.371 e. The van der Waals surface area contributed by atoms with Crippen molar-refractivity contribution in [3.63, 3.8) is 0 Å². The van der Waals surface area contributed by atoms with Crippen LogP contribution in [0.25, 0.3) is 5.57 Å². The van der Waals surface area contributed by atoms with Gasteiger partial charge in [0, 0.05) is 20.6 Å². The molecule has 1 heterocycles. The van der Waals surface area contributed by atoms with Gasteiger partial charge in [-0.3, -0.25) is 9.69 Å². The van der Waals surface area contributed by atoms with Crippen LogP contribution in [0.4, 0.5) is 0 Å². The second-order valence-corrected chi connectivity index (χ2v) is 6.24. The lowest BCUT2D eigenvalue weighted by Crippen LogP contribution is -2.59. The molecule has 126 valence electrons. The van der Waals surface area contributed by atoms with Gasteiger partial charge in [-0.1, -0.05) is 49.4 Å². The summed E-state index contributed by atoms with van der Waals surface area (Å²) in [5, 5.41) is 0. The average molecular weight is 325 g/mol. The third-order valence-electron chi connectivity index (χ3n) is 5.14. The normalized spacial score (nSPS) is 29.6. The van der Waals surface area contributed by atoms with Crippen molar-refractivity contribution in [1.82, 2.24) is 4.90 Å². The van der Waals surface area contributed by atoms with E-state index in [9.17, 15) is 4.79 Å². The summed E-state index contributed by atoms with van der Waals surface area (Å²) < 4.78 is 5.94. The number of methoxy groups -OCH3 is 1. The maximum absolute atomic E-state index is 13.0. The van der Waals surface area contributed by atoms with Gasteiger partial charge in [0.25, 0.3) is 5.91 Å². The summed E-state index contributed by atoms with van der Waals surface area (Å²) in [6.45, 7) is 1.95. The summed E-state index contributed by atoms with van der Waals surface area (Å²) in [6, 6.07) is 10.1. The van der Waals surface area contributed by atoms with E-state index in [1.54, 1.807) is 14.2 Å². The third kappa shape index (κ3) is 2.19. The van der Waals surface area contributed by atoms with E-state index in [4.69, 9.17) is 10.5 Å². The van der Waals surface area contributed by atoms with Crippen LogP contribution in [0, 0.1) is 0 Å². The maximum Gasteiger partial charge on any atom is 0.260 e. The summed E-state index contributed by atoms with van der Waals surface area (Å²) in [6.07, 6.45) is 7.03. The van der Waals surface area contributed by atoms with Crippen LogP contribution >= 0.6 is 0 Å². The largest absolute Gasteiger partial charge is 0.371 e. The number of ether oxygens (including phenoxy) is 1. The zero-order chi connectivity index (χ0) is 17.4. The first kappa shape index (κ1) is 16.5. The van der Waals surface area contributed by atoms with Gasteiger partial charge in [0.1, 0.15) is 5.60 Å². The lowest BCUT2D eigenvalue weighted by molar-refractivity contribution is -0.140. The monoisotopic (exact) mass is 325 g/mol. The van der Waals surface area contributed by atoms with Crippen LogP contribution in [0.5, 0.6) is 0 Å². The zero-order valence-electron chi connectivity index (χ0n) is 14.3. The van der Waals surface area contributed by atoms with Crippen molar-refractivity contribution in [2.75, 3.05) is 14.2 Å². The Morgan fingerprint density at radius 1 is 1.33 bits per heavy atom. The van der Waals surface area contributed by atoms with Gasteiger partial charge in [0.2, 0.25) is 0 Å². The van der Waals surface area contributed by atoms with Crippen molar-refractivity contribution in [2.45, 2.75) is 30.9 Å². The number of benzene rings is 1. The van der Waals surface area contributed by atoms with Gasteiger partial charge in [-0.15, -0.1) is 0 Å². The molecule has 2 atom stereocenters. The fraction of sp³-hybridized carbons (Fsp3) is 0.368. The van der Waals surface area contributed by atoms with Gasteiger partial charge in [-0.05, 0) is 23.6 Å². The van der Waals surface area contributed by atoms with Crippen molar-refractivity contribution in [2.24, 2.45) is 10.7 Å². The Kier molecular flexibility index (Phi) is 4.05. The Morgan fingerprint density at radius 2 is 2.04 bits per heavy atom. The molecule has 24 heavy (non-hydrogen) atoms. The summed E-state index contributed by atoms with van der Waals surface area (Å²) in [5.41, 5.74) is 6.29. The van der Waals surface area contributed by atoms with Gasteiger partial charge in [-0.25, -0.2) is 4.99 Å². The summed E-state index contributed by atoms with van der Waals surface area (Å²) in [5.74, 6) is 0.116. The number of amides is 1. The molecular formula is C19H23N3O2. The van der Waals surface area contributed by atoms with Crippen LogP contribution in [0.2, 0.25) is 0 Å². The van der Waals surface area contributed by atoms with Crippen LogP contribution in [-0.4, -0.2) is 42.1 Å². The third-order valence-corrected chi connectivity index (χ3v) is 5.14. The molecule has 2 N–H and O–H groups in total. The molecule has 1 aromatic rings. The molecule has 0 saturated carbocycles. The molecular weight excluding hydrogens is 302 g/mol. The Hall–Kier alpha value is -2.40. The van der Waals surface area contributed by atoms with E-state index in [0.717, 1.165) is 11.1 Å². The van der Waals surface area contributed by atoms with Crippen LogP contribution in [0.15, 0.2) is 53.6 Å². The number of carbonyl (C=O) groups excluding carboxylic acids is 1. The molecule has 2 unspecified atom stereocenters. The van der Waals surface area contributed by atoms with Crippen LogP contribution in [-0.2, 0) is 9.53 Å². The van der Waals surface area contributed by atoms with E-state index in [0.29, 0.717) is 12.8 Å². The SMILES string of the molecule is CCC1(C2(OC)C=CC=C(c3ccccc3)C2)N=C(N)N(C)C1=O. The van der Waals surface area contributed by atoms with E-state index in [1.165, 1.54) is 4.90 Å². The topological polar surface area (TPSA) is 67.9 Å². The number of rotatable bonds is 4. The number of hydrogen-bond donors (Lipinski definition) is 1. The number of aliphatic imine (C=N–C) groups is 1. The summed E-state index contributed by atoms with van der Waals surface area (Å²) in [4.78, 5) is 19.0. The summed E-state index contributed by atoms with van der Waals surface area (Å²) >= 11 is 0. The van der Waals surface area contributed by atoms with E-state index in [1.807, 2.05) is 37.3 Å². The van der Waals surface area contributed by atoms with Gasteiger partial charge >= 0.3 is 0 Å². The van der Waals surface area contributed by atoms with Crippen molar-refractivity contribution in [3.8, 4) is 0 Å². The predicted molar refractivity (Wildman–Crippen MR) is 95.3 cm³/mol. The van der Waals surface area contributed by atoms with E-state index in [-0.39, 0.29) is 11.9 Å². The molecule has 0 radical (unpaired) electrons. The number of guanidine groups is 1. The Morgan fingerprint density at radius 3 is 2.58 bits per heavy atom. The van der Waals surface area contributed by atoms with Crippen LogP contribution < -0.4 is 5.73 Å². The minimum absolute atomic E-state index is 0.122. The highest BCUT2D eigenvalue weighted by molar-refractivity contribution is 6.07. The molecule has 5 nitrogen and oxygen atoms in total. The predicted octanol–water partition coefficient (Wildman–Crippen LogP) is 2.35. The number of carbonyl (C=O) groups is 1. The Balaban J connectivity index is 2.07. The van der Waals surface area contributed by atoms with Gasteiger partial charge in [0.05, 0.1) is 0 Å². The molecule has 1 amide bonds. The minimum atomic E-state index is -1.04. The first-order valence-electron chi connectivity index (χ1n) is 8.12. The fourth-order valence-electron chi connectivity index (χ4n) is 3.67. The molecule has 0 aromatic heterocycles. The smallest absolute Gasteiger partial charge is 0.260 e. The highest BCUT2D eigenvalue weighted by Gasteiger charge is 2.60. The molecule has 0 spiro atoms. The first-order valence-corrected chi connectivity index (χ1v) is 8.12. The van der Waals surface area contributed by atoms with Crippen molar-refractivity contribution in [3.05, 3.63) is 54.1 Å². The molecule has 5 heteroatoms. The standard InChI is InChI=1S/C19H23N3O2/c1-4-19(16(23)22(2)17(20)21-19)18(24-3)12-8-11-15(13-18)14-9-6-5-7-10-14/h5-12H,4,13H2,1-3H3,(H2,20,21). The van der Waals surface area contributed by atoms with Gasteiger partial charge in [0.15, 0.2) is 11.5 Å². The van der Waals surface area contributed by atoms with Crippen molar-refractivity contribution in [1.29, 1.82) is 0 Å². The number of likely N-dealkylation sites (N-methyl/N-ethyl adjacent to an activating group) is 1. The second-order valence-electron chi connectivity index (χ2n) is 6.24. The van der Waals surface area contributed by atoms with Crippen LogP contribution in [0.3, 0.4) is 0 Å². The van der Waals surface area contributed by atoms with Gasteiger partial charge < -0.3 is 10.5 Å². The fourth-order valence-corrected chi connectivity index (χ4v) is 3.67. The lowest BCUT2D eigenvalue weighted by Gasteiger charge is -2.43. The Bertz CT molecular complexity index is 738. The van der Waals surface area contributed by atoms with Gasteiger partial charge in [-0.2, -0.15) is 0 Å². The molecule has 1 aromatic carbocycles. The highest BCUT2D eigenvalue weighted by Crippen LogP contribution is 2.46. The van der Waals surface area contributed by atoms with Crippen LogP contribution in [0.1, 0.15) is 25.3 Å². The highest BCUT2D eigenvalue weighted by atomic mass is 16.5. The molecule has 2 aliphatic rings. The molecule has 0 saturated heterocycles. The number of allylic oxidation sites excluding steroid dienone is 2. The van der Waals surface area contributed by atoms with Crippen molar-refractivity contribution < 1.29 is 9.53 Å². The molecule has 0 fully saturated rings. The molecule has 3 rings (SSSR count). The zero-order valence-corrected chi connectivity index (χ0v) is 14.3. The molecule has 1 aliphatic heterocycles. The number of hydrogen-bond acceptors (Lipinski definition) is 4. The Labute approximate surface area is 142 Å². The lowest BCUT2D eigenvalue weighted by atomic mass is 9.71. The maximum atomic E-state index is 13.0. The molecule has 1 aliphatic carbocycles.